The minimum Gasteiger partial charge on any atom is -0.439 e. The van der Waals surface area contributed by atoms with E-state index in [-0.39, 0.29) is 5.84 Å². The molecule has 3 aromatic rings. The number of amidine groups is 1. The van der Waals surface area contributed by atoms with E-state index in [0.29, 0.717) is 23.0 Å². The molecular weight excluding hydrogens is 290 g/mol. The molecule has 0 aliphatic rings. The second-order valence-corrected chi connectivity index (χ2v) is 4.53. The van der Waals surface area contributed by atoms with Crippen molar-refractivity contribution in [3.63, 3.8) is 0 Å². The van der Waals surface area contributed by atoms with E-state index < -0.39 is 0 Å². The lowest BCUT2D eigenvalue weighted by Crippen LogP contribution is -1.98. The number of aliphatic imine (C=N–C) groups is 1. The van der Waals surface area contributed by atoms with Gasteiger partial charge in [0, 0.05) is 18.5 Å². The highest BCUT2D eigenvalue weighted by atomic mass is 16.5. The lowest BCUT2D eigenvalue weighted by atomic mass is 10.3. The molecule has 0 saturated carbocycles. The Hall–Kier alpha value is -3.41. The van der Waals surface area contributed by atoms with Crippen molar-refractivity contribution in [2.75, 3.05) is 0 Å². The number of benzene rings is 1. The van der Waals surface area contributed by atoms with Gasteiger partial charge < -0.3 is 4.74 Å². The van der Waals surface area contributed by atoms with Crippen LogP contribution < -0.4 is 4.74 Å². The number of hydrogen-bond donors (Lipinski definition) is 1. The molecule has 0 saturated heterocycles. The van der Waals surface area contributed by atoms with Crippen LogP contribution in [0, 0.1) is 5.53 Å². The van der Waals surface area contributed by atoms with Crippen LogP contribution in [0.4, 0.5) is 5.69 Å². The molecule has 112 valence electrons. The molecule has 0 aliphatic carbocycles. The first-order chi connectivity index (χ1) is 11.3. The zero-order chi connectivity index (χ0) is 15.9. The smallest absolute Gasteiger partial charge is 0.219 e. The Bertz CT molecular complexity index is 801. The van der Waals surface area contributed by atoms with E-state index in [2.05, 4.69) is 20.1 Å². The summed E-state index contributed by atoms with van der Waals surface area (Å²) < 4.78 is 5.62. The fourth-order valence-corrected chi connectivity index (χ4v) is 1.87. The van der Waals surface area contributed by atoms with Gasteiger partial charge in [0.25, 0.3) is 0 Å². The Morgan fingerprint density at radius 3 is 2.22 bits per heavy atom. The fraction of sp³-hybridized carbons (Fsp3) is 0. The van der Waals surface area contributed by atoms with Gasteiger partial charge in [0.15, 0.2) is 5.84 Å². The van der Waals surface area contributed by atoms with Crippen molar-refractivity contribution in [1.29, 1.82) is 5.53 Å². The predicted octanol–water partition coefficient (Wildman–Crippen LogP) is 4.38. The third-order valence-electron chi connectivity index (χ3n) is 2.93. The predicted molar refractivity (Wildman–Crippen MR) is 86.3 cm³/mol. The highest BCUT2D eigenvalue weighted by Crippen LogP contribution is 2.23. The summed E-state index contributed by atoms with van der Waals surface area (Å²) in [7, 11) is 0. The van der Waals surface area contributed by atoms with Crippen LogP contribution in [-0.4, -0.2) is 15.8 Å². The zero-order valence-corrected chi connectivity index (χ0v) is 12.1. The number of pyridine rings is 2. The summed E-state index contributed by atoms with van der Waals surface area (Å²) >= 11 is 0. The van der Waals surface area contributed by atoms with Crippen LogP contribution in [0.15, 0.2) is 83.2 Å². The van der Waals surface area contributed by atoms with Crippen LogP contribution in [0.25, 0.3) is 0 Å². The van der Waals surface area contributed by atoms with Gasteiger partial charge in [-0.2, -0.15) is 0 Å². The minimum atomic E-state index is 0.254. The molecule has 0 amide bonds. The topological polar surface area (TPSA) is 83.6 Å². The minimum absolute atomic E-state index is 0.254. The summed E-state index contributed by atoms with van der Waals surface area (Å²) in [5, 5.41) is 3.44. The maximum absolute atomic E-state index is 7.26. The van der Waals surface area contributed by atoms with Crippen LogP contribution in [0.3, 0.4) is 0 Å². The molecule has 2 heterocycles. The van der Waals surface area contributed by atoms with Crippen LogP contribution in [0.5, 0.6) is 11.6 Å². The molecule has 0 fully saturated rings. The molecule has 0 bridgehead atoms. The molecule has 2 aromatic heterocycles. The van der Waals surface area contributed by atoms with Gasteiger partial charge in [0.05, 0.1) is 5.69 Å². The molecule has 0 spiro atoms. The molecule has 0 atom stereocenters. The SMILES string of the molecule is N=NC(=Nc1ccc(Oc2ccccn2)cc1)c1ccccn1. The van der Waals surface area contributed by atoms with Crippen LogP contribution in [0.1, 0.15) is 5.69 Å². The van der Waals surface area contributed by atoms with Gasteiger partial charge in [0.2, 0.25) is 5.88 Å². The van der Waals surface area contributed by atoms with Gasteiger partial charge >= 0.3 is 0 Å². The Kier molecular flexibility index (Phi) is 4.44. The quantitative estimate of drug-likeness (QED) is 0.441. The van der Waals surface area contributed by atoms with Crippen molar-refractivity contribution in [3.05, 3.63) is 78.8 Å². The largest absolute Gasteiger partial charge is 0.439 e. The van der Waals surface area contributed by atoms with Crippen molar-refractivity contribution < 1.29 is 4.74 Å². The fourth-order valence-electron chi connectivity index (χ4n) is 1.87. The van der Waals surface area contributed by atoms with Gasteiger partial charge in [-0.1, -0.05) is 12.1 Å². The number of hydrogen-bond acceptors (Lipinski definition) is 5. The molecule has 0 unspecified atom stereocenters. The normalized spacial score (nSPS) is 11.0. The highest BCUT2D eigenvalue weighted by molar-refractivity contribution is 5.98. The van der Waals surface area contributed by atoms with Crippen LogP contribution >= 0.6 is 0 Å². The molecular formula is C17H13N5O. The van der Waals surface area contributed by atoms with Gasteiger partial charge in [-0.15, -0.1) is 5.11 Å². The second kappa shape index (κ2) is 7.04. The highest BCUT2D eigenvalue weighted by Gasteiger charge is 2.04. The summed E-state index contributed by atoms with van der Waals surface area (Å²) in [6.45, 7) is 0. The van der Waals surface area contributed by atoms with Crippen LogP contribution in [0.2, 0.25) is 0 Å². The first-order valence-corrected chi connectivity index (χ1v) is 6.92. The van der Waals surface area contributed by atoms with E-state index in [1.807, 2.05) is 18.2 Å². The van der Waals surface area contributed by atoms with Crippen molar-refractivity contribution in [2.45, 2.75) is 0 Å². The van der Waals surface area contributed by atoms with E-state index >= 15 is 0 Å². The number of ether oxygens (including phenoxy) is 1. The third-order valence-corrected chi connectivity index (χ3v) is 2.93. The van der Waals surface area contributed by atoms with E-state index in [0.717, 1.165) is 0 Å². The maximum Gasteiger partial charge on any atom is 0.219 e. The average molecular weight is 303 g/mol. The lowest BCUT2D eigenvalue weighted by molar-refractivity contribution is 0.463. The number of nitrogens with one attached hydrogen (secondary N) is 1. The maximum atomic E-state index is 7.26. The first kappa shape index (κ1) is 14.5. The lowest BCUT2D eigenvalue weighted by Gasteiger charge is -2.04. The zero-order valence-electron chi connectivity index (χ0n) is 12.1. The van der Waals surface area contributed by atoms with Crippen LogP contribution in [-0.2, 0) is 0 Å². The van der Waals surface area contributed by atoms with E-state index in [1.165, 1.54) is 0 Å². The molecule has 23 heavy (non-hydrogen) atoms. The van der Waals surface area contributed by atoms with Gasteiger partial charge in [-0.25, -0.2) is 15.5 Å². The van der Waals surface area contributed by atoms with Gasteiger partial charge in [-0.3, -0.25) is 4.98 Å². The molecule has 1 aromatic carbocycles. The second-order valence-electron chi connectivity index (χ2n) is 4.53. The summed E-state index contributed by atoms with van der Waals surface area (Å²) in [5.41, 5.74) is 8.47. The Morgan fingerprint density at radius 2 is 1.61 bits per heavy atom. The molecule has 1 N–H and O–H groups in total. The molecule has 6 heteroatoms. The standard InChI is InChI=1S/C17H13N5O/c18-22-17(15-5-1-3-11-19-15)21-13-7-9-14(10-8-13)23-16-6-2-4-12-20-16/h1-12,18H. The first-order valence-electron chi connectivity index (χ1n) is 6.92. The van der Waals surface area contributed by atoms with Gasteiger partial charge in [0.1, 0.15) is 11.4 Å². The molecule has 6 nitrogen and oxygen atoms in total. The van der Waals surface area contributed by atoms with Crippen molar-refractivity contribution in [2.24, 2.45) is 10.1 Å². The summed E-state index contributed by atoms with van der Waals surface area (Å²) in [5.74, 6) is 1.44. The average Bonchev–Trinajstić information content (AvgIpc) is 2.63. The van der Waals surface area contributed by atoms with Gasteiger partial charge in [-0.05, 0) is 42.5 Å². The summed E-state index contributed by atoms with van der Waals surface area (Å²) in [4.78, 5) is 12.6. The summed E-state index contributed by atoms with van der Waals surface area (Å²) in [6.07, 6.45) is 3.31. The van der Waals surface area contributed by atoms with E-state index in [9.17, 15) is 0 Å². The monoisotopic (exact) mass is 303 g/mol. The summed E-state index contributed by atoms with van der Waals surface area (Å²) in [6, 6.07) is 18.0. The Balaban J connectivity index is 1.79. The van der Waals surface area contributed by atoms with Crippen molar-refractivity contribution >= 4 is 11.5 Å². The number of aromatic nitrogens is 2. The third kappa shape index (κ3) is 3.82. The van der Waals surface area contributed by atoms with E-state index in [4.69, 9.17) is 10.3 Å². The Morgan fingerprint density at radius 1 is 0.870 bits per heavy atom. The van der Waals surface area contributed by atoms with Crippen molar-refractivity contribution in [1.82, 2.24) is 9.97 Å². The number of rotatable bonds is 4. The Labute approximate surface area is 133 Å². The van der Waals surface area contributed by atoms with Crippen molar-refractivity contribution in [3.8, 4) is 11.6 Å². The molecule has 0 radical (unpaired) electrons. The number of nitrogens with zero attached hydrogens (tertiary/aromatic N) is 4. The molecule has 0 aliphatic heterocycles. The molecule has 3 rings (SSSR count). The van der Waals surface area contributed by atoms with E-state index in [1.54, 1.807) is 54.9 Å².